The molecule has 0 saturated heterocycles. The van der Waals surface area contributed by atoms with E-state index >= 15 is 0 Å². The van der Waals surface area contributed by atoms with Crippen LogP contribution in [0.1, 0.15) is 36.4 Å². The fourth-order valence-corrected chi connectivity index (χ4v) is 2.36. The van der Waals surface area contributed by atoms with Crippen molar-refractivity contribution in [2.45, 2.75) is 32.7 Å². The van der Waals surface area contributed by atoms with Crippen LogP contribution in [0.25, 0.3) is 0 Å². The molecule has 0 aliphatic rings. The molecule has 0 aliphatic carbocycles. The van der Waals surface area contributed by atoms with Crippen LogP contribution in [0.2, 0.25) is 0 Å². The Labute approximate surface area is 111 Å². The van der Waals surface area contributed by atoms with Crippen LogP contribution < -0.4 is 16.4 Å². The number of thiazole rings is 1. The topological polar surface area (TPSA) is 100 Å². The van der Waals surface area contributed by atoms with Gasteiger partial charge in [-0.3, -0.25) is 4.79 Å². The maximum atomic E-state index is 12.0. The Bertz CT molecular complexity index is 394. The van der Waals surface area contributed by atoms with Crippen LogP contribution in [-0.4, -0.2) is 35.2 Å². The summed E-state index contributed by atoms with van der Waals surface area (Å²) in [6.07, 6.45) is 1.31. The fraction of sp³-hybridized carbons (Fsp3) is 0.636. The monoisotopic (exact) mass is 272 g/mol. The number of hydrogen-bond donors (Lipinski definition) is 4. The Morgan fingerprint density at radius 2 is 2.28 bits per heavy atom. The van der Waals surface area contributed by atoms with Crippen LogP contribution in [0.15, 0.2) is 0 Å². The average Bonchev–Trinajstić information content (AvgIpc) is 2.70. The Hall–Kier alpha value is -1.34. The Morgan fingerprint density at radius 3 is 2.83 bits per heavy atom. The maximum Gasteiger partial charge on any atom is 0.265 e. The maximum absolute atomic E-state index is 12.0. The molecule has 0 saturated carbocycles. The molecule has 1 rings (SSSR count). The zero-order valence-electron chi connectivity index (χ0n) is 10.7. The van der Waals surface area contributed by atoms with Crippen LogP contribution in [-0.2, 0) is 0 Å². The quantitative estimate of drug-likeness (QED) is 0.594. The summed E-state index contributed by atoms with van der Waals surface area (Å²) in [7, 11) is 0. The SMILES string of the molecule is CCNc1nc(N)c(C(=O)NC(CC)CCO)s1. The van der Waals surface area contributed by atoms with Crippen LogP contribution in [0.4, 0.5) is 10.9 Å². The average molecular weight is 272 g/mol. The number of anilines is 2. The van der Waals surface area contributed by atoms with Crippen molar-refractivity contribution >= 4 is 28.2 Å². The van der Waals surface area contributed by atoms with Gasteiger partial charge in [0.15, 0.2) is 5.13 Å². The molecule has 1 amide bonds. The highest BCUT2D eigenvalue weighted by atomic mass is 32.1. The van der Waals surface area contributed by atoms with Crippen LogP contribution >= 0.6 is 11.3 Å². The van der Waals surface area contributed by atoms with Gasteiger partial charge in [0, 0.05) is 19.2 Å². The minimum atomic E-state index is -0.227. The third kappa shape index (κ3) is 3.85. The Balaban J connectivity index is 2.70. The number of hydrogen-bond acceptors (Lipinski definition) is 6. The van der Waals surface area contributed by atoms with Gasteiger partial charge < -0.3 is 21.5 Å². The molecule has 7 heteroatoms. The molecule has 1 heterocycles. The highest BCUT2D eigenvalue weighted by Gasteiger charge is 2.18. The van der Waals surface area contributed by atoms with E-state index in [0.717, 1.165) is 13.0 Å². The summed E-state index contributed by atoms with van der Waals surface area (Å²) in [5.41, 5.74) is 5.71. The summed E-state index contributed by atoms with van der Waals surface area (Å²) in [4.78, 5) is 16.5. The lowest BCUT2D eigenvalue weighted by molar-refractivity contribution is 0.0934. The van der Waals surface area contributed by atoms with E-state index in [2.05, 4.69) is 15.6 Å². The van der Waals surface area contributed by atoms with Crippen molar-refractivity contribution in [3.8, 4) is 0 Å². The summed E-state index contributed by atoms with van der Waals surface area (Å²) in [6.45, 7) is 4.70. The predicted molar refractivity (Wildman–Crippen MR) is 73.9 cm³/mol. The number of rotatable bonds is 7. The second kappa shape index (κ2) is 7.17. The van der Waals surface area contributed by atoms with E-state index in [1.165, 1.54) is 11.3 Å². The van der Waals surface area contributed by atoms with Crippen molar-refractivity contribution in [2.24, 2.45) is 0 Å². The van der Waals surface area contributed by atoms with E-state index in [0.29, 0.717) is 16.4 Å². The molecule has 5 N–H and O–H groups in total. The molecule has 0 spiro atoms. The lowest BCUT2D eigenvalue weighted by atomic mass is 10.1. The van der Waals surface area contributed by atoms with E-state index in [-0.39, 0.29) is 24.4 Å². The van der Waals surface area contributed by atoms with Gasteiger partial charge in [-0.15, -0.1) is 0 Å². The third-order valence-electron chi connectivity index (χ3n) is 2.49. The number of amides is 1. The number of nitrogens with two attached hydrogens (primary N) is 1. The van der Waals surface area contributed by atoms with Crippen molar-refractivity contribution in [2.75, 3.05) is 24.2 Å². The molecular formula is C11H20N4O2S. The molecule has 1 aromatic heterocycles. The van der Waals surface area contributed by atoms with E-state index < -0.39 is 0 Å². The predicted octanol–water partition coefficient (Wildman–Crippen LogP) is 1.05. The third-order valence-corrected chi connectivity index (χ3v) is 3.52. The summed E-state index contributed by atoms with van der Waals surface area (Å²) in [5.74, 6) is 0.0155. The molecule has 0 aromatic carbocycles. The van der Waals surface area contributed by atoms with Crippen molar-refractivity contribution in [3.05, 3.63) is 4.88 Å². The van der Waals surface area contributed by atoms with Crippen LogP contribution in [0.5, 0.6) is 0 Å². The minimum Gasteiger partial charge on any atom is -0.396 e. The first-order chi connectivity index (χ1) is 8.62. The number of aliphatic hydroxyl groups is 1. The molecule has 102 valence electrons. The van der Waals surface area contributed by atoms with Gasteiger partial charge in [-0.2, -0.15) is 0 Å². The zero-order valence-corrected chi connectivity index (χ0v) is 11.5. The van der Waals surface area contributed by atoms with Crippen molar-refractivity contribution in [3.63, 3.8) is 0 Å². The zero-order chi connectivity index (χ0) is 13.5. The lowest BCUT2D eigenvalue weighted by Gasteiger charge is -2.14. The van der Waals surface area contributed by atoms with Gasteiger partial charge in [-0.05, 0) is 19.8 Å². The number of nitrogen functional groups attached to an aromatic ring is 1. The van der Waals surface area contributed by atoms with Gasteiger partial charge in [0.2, 0.25) is 0 Å². The number of carbonyl (C=O) groups excluding carboxylic acids is 1. The van der Waals surface area contributed by atoms with Gasteiger partial charge in [-0.1, -0.05) is 18.3 Å². The van der Waals surface area contributed by atoms with Crippen LogP contribution in [0, 0.1) is 0 Å². The molecule has 1 atom stereocenters. The molecule has 1 unspecified atom stereocenters. The molecule has 1 aromatic rings. The first-order valence-electron chi connectivity index (χ1n) is 6.04. The molecule has 0 bridgehead atoms. The van der Waals surface area contributed by atoms with Gasteiger partial charge >= 0.3 is 0 Å². The number of aliphatic hydroxyl groups excluding tert-OH is 1. The number of nitrogens with one attached hydrogen (secondary N) is 2. The molecule has 0 radical (unpaired) electrons. The highest BCUT2D eigenvalue weighted by molar-refractivity contribution is 7.18. The molecular weight excluding hydrogens is 252 g/mol. The van der Waals surface area contributed by atoms with E-state index in [1.807, 2.05) is 13.8 Å². The number of aromatic nitrogens is 1. The normalized spacial score (nSPS) is 12.2. The first kappa shape index (κ1) is 14.7. The van der Waals surface area contributed by atoms with Crippen molar-refractivity contribution in [1.82, 2.24) is 10.3 Å². The summed E-state index contributed by atoms with van der Waals surface area (Å²) in [5, 5.41) is 15.4. The van der Waals surface area contributed by atoms with Gasteiger partial charge in [0.25, 0.3) is 5.91 Å². The molecule has 0 aliphatic heterocycles. The lowest BCUT2D eigenvalue weighted by Crippen LogP contribution is -2.34. The van der Waals surface area contributed by atoms with Crippen molar-refractivity contribution in [1.29, 1.82) is 0 Å². The summed E-state index contributed by atoms with van der Waals surface area (Å²) in [6, 6.07) is -0.0356. The summed E-state index contributed by atoms with van der Waals surface area (Å²) < 4.78 is 0. The second-order valence-corrected chi connectivity index (χ2v) is 4.85. The standard InChI is InChI=1S/C11H20N4O2S/c1-3-7(5-6-16)14-10(17)8-9(12)15-11(18-8)13-4-2/h7,16H,3-6,12H2,1-2H3,(H,13,15)(H,14,17). The van der Waals surface area contributed by atoms with E-state index in [1.54, 1.807) is 0 Å². The highest BCUT2D eigenvalue weighted by Crippen LogP contribution is 2.24. The van der Waals surface area contributed by atoms with Crippen LogP contribution in [0.3, 0.4) is 0 Å². The van der Waals surface area contributed by atoms with E-state index in [4.69, 9.17) is 10.8 Å². The molecule has 18 heavy (non-hydrogen) atoms. The van der Waals surface area contributed by atoms with Crippen molar-refractivity contribution < 1.29 is 9.90 Å². The fourth-order valence-electron chi connectivity index (χ4n) is 1.51. The van der Waals surface area contributed by atoms with E-state index in [9.17, 15) is 4.79 Å². The smallest absolute Gasteiger partial charge is 0.265 e. The molecule has 6 nitrogen and oxygen atoms in total. The van der Waals surface area contributed by atoms with Gasteiger partial charge in [0.1, 0.15) is 10.7 Å². The second-order valence-electron chi connectivity index (χ2n) is 3.85. The summed E-state index contributed by atoms with van der Waals surface area (Å²) >= 11 is 1.24. The Kier molecular flexibility index (Phi) is 5.87. The number of nitrogens with zero attached hydrogens (tertiary/aromatic N) is 1. The van der Waals surface area contributed by atoms with Gasteiger partial charge in [0.05, 0.1) is 0 Å². The Morgan fingerprint density at radius 1 is 1.56 bits per heavy atom. The van der Waals surface area contributed by atoms with Gasteiger partial charge in [-0.25, -0.2) is 4.98 Å². The largest absolute Gasteiger partial charge is 0.396 e. The number of carbonyl (C=O) groups is 1. The first-order valence-corrected chi connectivity index (χ1v) is 6.85. The molecule has 0 fully saturated rings. The minimum absolute atomic E-state index is 0.0356.